The molecular weight excluding hydrogens is 332 g/mol. The van der Waals surface area contributed by atoms with E-state index in [0.717, 1.165) is 16.8 Å². The Balaban J connectivity index is 1.77. The number of anilines is 1. The van der Waals surface area contributed by atoms with Crippen LogP contribution in [-0.2, 0) is 0 Å². The van der Waals surface area contributed by atoms with E-state index >= 15 is 0 Å². The van der Waals surface area contributed by atoms with Gasteiger partial charge in [-0.15, -0.1) is 11.3 Å². The van der Waals surface area contributed by atoms with Crippen molar-refractivity contribution in [3.8, 4) is 11.3 Å². The van der Waals surface area contributed by atoms with E-state index in [9.17, 15) is 4.79 Å². The Morgan fingerprint density at radius 2 is 2.04 bits per heavy atom. The molecule has 0 aliphatic rings. The maximum atomic E-state index is 12.6. The Morgan fingerprint density at radius 1 is 1.12 bits per heavy atom. The van der Waals surface area contributed by atoms with Crippen molar-refractivity contribution in [1.82, 2.24) is 14.4 Å². The standard InChI is InChI=1S/C19H14N4OS/c20-15-5-1-4-14(9-15)17-12-25-19-22-16(10-18(24)23(17)19)7-6-13-3-2-8-21-11-13/h1-12H,20H2/b7-6+. The fourth-order valence-corrected chi connectivity index (χ4v) is 3.49. The van der Waals surface area contributed by atoms with Crippen LogP contribution in [0.1, 0.15) is 11.3 Å². The van der Waals surface area contributed by atoms with Crippen molar-refractivity contribution >= 4 is 34.1 Å². The van der Waals surface area contributed by atoms with Gasteiger partial charge in [0.25, 0.3) is 5.56 Å². The zero-order valence-electron chi connectivity index (χ0n) is 13.2. The maximum Gasteiger partial charge on any atom is 0.259 e. The molecule has 0 aliphatic heterocycles. The average Bonchev–Trinajstić information content (AvgIpc) is 3.05. The fourth-order valence-electron chi connectivity index (χ4n) is 2.58. The molecule has 6 heteroatoms. The third-order valence-electron chi connectivity index (χ3n) is 3.74. The van der Waals surface area contributed by atoms with Crippen molar-refractivity contribution in [2.45, 2.75) is 0 Å². The lowest BCUT2D eigenvalue weighted by Crippen LogP contribution is -2.13. The number of rotatable bonds is 3. The monoisotopic (exact) mass is 346 g/mol. The number of nitrogens with two attached hydrogens (primary N) is 1. The highest BCUT2D eigenvalue weighted by molar-refractivity contribution is 7.15. The van der Waals surface area contributed by atoms with E-state index in [2.05, 4.69) is 9.97 Å². The van der Waals surface area contributed by atoms with Crippen LogP contribution in [0.5, 0.6) is 0 Å². The first-order chi connectivity index (χ1) is 12.2. The molecular formula is C19H14N4OS. The van der Waals surface area contributed by atoms with Gasteiger partial charge in [-0.05, 0) is 29.8 Å². The van der Waals surface area contributed by atoms with Crippen molar-refractivity contribution in [3.63, 3.8) is 0 Å². The normalized spacial score (nSPS) is 11.4. The molecule has 0 radical (unpaired) electrons. The minimum atomic E-state index is -0.116. The van der Waals surface area contributed by atoms with Gasteiger partial charge in [-0.1, -0.05) is 24.3 Å². The summed E-state index contributed by atoms with van der Waals surface area (Å²) in [5.41, 5.74) is 9.67. The SMILES string of the molecule is Nc1cccc(-c2csc3nc(/C=C/c4cccnc4)cc(=O)n23)c1. The van der Waals surface area contributed by atoms with E-state index in [1.165, 1.54) is 17.4 Å². The molecule has 2 N–H and O–H groups in total. The van der Waals surface area contributed by atoms with Crippen LogP contribution < -0.4 is 11.3 Å². The fraction of sp³-hybridized carbons (Fsp3) is 0. The summed E-state index contributed by atoms with van der Waals surface area (Å²) in [4.78, 5) is 21.9. The topological polar surface area (TPSA) is 73.3 Å². The molecule has 0 saturated carbocycles. The second kappa shape index (κ2) is 6.33. The molecule has 122 valence electrons. The highest BCUT2D eigenvalue weighted by Gasteiger charge is 2.10. The number of pyridine rings is 1. The molecule has 5 nitrogen and oxygen atoms in total. The second-order valence-electron chi connectivity index (χ2n) is 5.50. The van der Waals surface area contributed by atoms with Crippen LogP contribution in [0.4, 0.5) is 5.69 Å². The Morgan fingerprint density at radius 3 is 2.84 bits per heavy atom. The van der Waals surface area contributed by atoms with E-state index in [1.807, 2.05) is 53.9 Å². The molecule has 3 aromatic heterocycles. The number of hydrogen-bond acceptors (Lipinski definition) is 5. The molecule has 0 fully saturated rings. The molecule has 3 heterocycles. The van der Waals surface area contributed by atoms with Gasteiger partial charge in [0.1, 0.15) is 0 Å². The average molecular weight is 346 g/mol. The van der Waals surface area contributed by atoms with E-state index in [0.29, 0.717) is 16.3 Å². The van der Waals surface area contributed by atoms with Gasteiger partial charge in [0.15, 0.2) is 4.96 Å². The number of hydrogen-bond donors (Lipinski definition) is 1. The summed E-state index contributed by atoms with van der Waals surface area (Å²) in [5.74, 6) is 0. The van der Waals surface area contributed by atoms with E-state index < -0.39 is 0 Å². The first kappa shape index (κ1) is 15.3. The Labute approximate surface area is 147 Å². The van der Waals surface area contributed by atoms with E-state index in [4.69, 9.17) is 5.73 Å². The Hall–Kier alpha value is -3.25. The Bertz CT molecular complexity index is 1130. The highest BCUT2D eigenvalue weighted by atomic mass is 32.1. The van der Waals surface area contributed by atoms with Crippen molar-refractivity contribution in [1.29, 1.82) is 0 Å². The van der Waals surface area contributed by atoms with Crippen LogP contribution in [0.25, 0.3) is 28.4 Å². The molecule has 4 aromatic rings. The van der Waals surface area contributed by atoms with Crippen molar-refractivity contribution in [2.75, 3.05) is 5.73 Å². The number of benzene rings is 1. The third-order valence-corrected chi connectivity index (χ3v) is 4.56. The number of nitrogen functional groups attached to an aromatic ring is 1. The van der Waals surface area contributed by atoms with Gasteiger partial charge in [-0.25, -0.2) is 4.98 Å². The predicted octanol–water partition coefficient (Wildman–Crippen LogP) is 3.57. The highest BCUT2D eigenvalue weighted by Crippen LogP contribution is 2.25. The summed E-state index contributed by atoms with van der Waals surface area (Å²) in [6.07, 6.45) is 7.18. The minimum Gasteiger partial charge on any atom is -0.399 e. The summed E-state index contributed by atoms with van der Waals surface area (Å²) < 4.78 is 1.61. The second-order valence-corrected chi connectivity index (χ2v) is 6.34. The van der Waals surface area contributed by atoms with Crippen LogP contribution in [0.3, 0.4) is 0 Å². The quantitative estimate of drug-likeness (QED) is 0.576. The van der Waals surface area contributed by atoms with Gasteiger partial charge in [-0.3, -0.25) is 14.2 Å². The van der Waals surface area contributed by atoms with Gasteiger partial charge in [0.2, 0.25) is 0 Å². The van der Waals surface area contributed by atoms with Gasteiger partial charge in [0, 0.05) is 35.1 Å². The lowest BCUT2D eigenvalue weighted by molar-refractivity contribution is 1.08. The van der Waals surface area contributed by atoms with Crippen LogP contribution in [0, 0.1) is 0 Å². The first-order valence-corrected chi connectivity index (χ1v) is 8.54. The van der Waals surface area contributed by atoms with Crippen LogP contribution in [-0.4, -0.2) is 14.4 Å². The third kappa shape index (κ3) is 3.07. The molecule has 0 spiro atoms. The lowest BCUT2D eigenvalue weighted by atomic mass is 10.1. The molecule has 4 rings (SSSR count). The zero-order valence-corrected chi connectivity index (χ0v) is 14.0. The molecule has 0 saturated heterocycles. The lowest BCUT2D eigenvalue weighted by Gasteiger charge is -2.03. The van der Waals surface area contributed by atoms with Gasteiger partial charge >= 0.3 is 0 Å². The van der Waals surface area contributed by atoms with Crippen LogP contribution in [0.15, 0.2) is 65.0 Å². The number of nitrogens with zero attached hydrogens (tertiary/aromatic N) is 3. The summed E-state index contributed by atoms with van der Waals surface area (Å²) >= 11 is 1.43. The molecule has 1 aromatic carbocycles. The Kier molecular flexibility index (Phi) is 3.87. The molecule has 0 amide bonds. The molecule has 0 unspecified atom stereocenters. The minimum absolute atomic E-state index is 0.116. The zero-order chi connectivity index (χ0) is 17.2. The number of aromatic nitrogens is 3. The van der Waals surface area contributed by atoms with Gasteiger partial charge in [-0.2, -0.15) is 0 Å². The predicted molar refractivity (Wildman–Crippen MR) is 102 cm³/mol. The molecule has 0 aliphatic carbocycles. The summed E-state index contributed by atoms with van der Waals surface area (Å²) in [5, 5.41) is 1.92. The van der Waals surface area contributed by atoms with E-state index in [-0.39, 0.29) is 5.56 Å². The van der Waals surface area contributed by atoms with Crippen LogP contribution >= 0.6 is 11.3 Å². The first-order valence-electron chi connectivity index (χ1n) is 7.66. The van der Waals surface area contributed by atoms with Crippen molar-refractivity contribution in [2.24, 2.45) is 0 Å². The molecule has 0 bridgehead atoms. The summed E-state index contributed by atoms with van der Waals surface area (Å²) in [7, 11) is 0. The van der Waals surface area contributed by atoms with E-state index in [1.54, 1.807) is 16.8 Å². The van der Waals surface area contributed by atoms with Crippen molar-refractivity contribution in [3.05, 3.63) is 81.8 Å². The summed E-state index contributed by atoms with van der Waals surface area (Å²) in [6.45, 7) is 0. The number of fused-ring (bicyclic) bond motifs is 1. The molecule has 0 atom stereocenters. The smallest absolute Gasteiger partial charge is 0.259 e. The molecule has 25 heavy (non-hydrogen) atoms. The van der Waals surface area contributed by atoms with Gasteiger partial charge in [0.05, 0.1) is 11.4 Å². The maximum absolute atomic E-state index is 12.6. The number of thiazole rings is 1. The van der Waals surface area contributed by atoms with Gasteiger partial charge < -0.3 is 5.73 Å². The largest absolute Gasteiger partial charge is 0.399 e. The van der Waals surface area contributed by atoms with Crippen molar-refractivity contribution < 1.29 is 0 Å². The van der Waals surface area contributed by atoms with Crippen LogP contribution in [0.2, 0.25) is 0 Å². The summed E-state index contributed by atoms with van der Waals surface area (Å²) in [6, 6.07) is 12.8.